The minimum absolute atomic E-state index is 0.117. The molecule has 0 saturated heterocycles. The van der Waals surface area contributed by atoms with Crippen molar-refractivity contribution < 1.29 is 17.9 Å². The average Bonchev–Trinajstić information content (AvgIpc) is 2.39. The number of esters is 1. The Hall–Kier alpha value is -1.62. The second-order valence-corrected chi connectivity index (χ2v) is 6.52. The molecule has 0 radical (unpaired) electrons. The summed E-state index contributed by atoms with van der Waals surface area (Å²) in [5.41, 5.74) is 0.956. The van der Waals surface area contributed by atoms with Crippen LogP contribution in [0.15, 0.2) is 46.9 Å². The highest BCUT2D eigenvalue weighted by atomic mass is 32.2. The summed E-state index contributed by atoms with van der Waals surface area (Å²) in [6, 6.07) is 7.94. The zero-order valence-electron chi connectivity index (χ0n) is 11.3. The van der Waals surface area contributed by atoms with Gasteiger partial charge in [-0.05, 0) is 32.4 Å². The van der Waals surface area contributed by atoms with Crippen molar-refractivity contribution in [3.05, 3.63) is 42.0 Å². The number of methoxy groups -OCH3 is 1. The van der Waals surface area contributed by atoms with E-state index in [-0.39, 0.29) is 11.3 Å². The van der Waals surface area contributed by atoms with Crippen LogP contribution < -0.4 is 0 Å². The summed E-state index contributed by atoms with van der Waals surface area (Å²) < 4.78 is 29.4. The largest absolute Gasteiger partial charge is 0.468 e. The van der Waals surface area contributed by atoms with Gasteiger partial charge in [-0.3, -0.25) is 4.79 Å². The lowest BCUT2D eigenvalue weighted by Crippen LogP contribution is -2.31. The Morgan fingerprint density at radius 2 is 1.84 bits per heavy atom. The number of carbonyl (C=O) groups excluding carboxylic acids is 1. The van der Waals surface area contributed by atoms with E-state index in [1.165, 1.54) is 19.2 Å². The fraction of sp³-hybridized carbons (Fsp3) is 0.357. The minimum atomic E-state index is -3.73. The molecule has 0 saturated carbocycles. The number of hydrogen-bond donors (Lipinski definition) is 0. The van der Waals surface area contributed by atoms with E-state index < -0.39 is 21.1 Å². The van der Waals surface area contributed by atoms with Gasteiger partial charge in [0.25, 0.3) is 0 Å². The van der Waals surface area contributed by atoms with Gasteiger partial charge in [0.15, 0.2) is 15.1 Å². The molecule has 1 aromatic rings. The van der Waals surface area contributed by atoms with Crippen molar-refractivity contribution in [1.82, 2.24) is 0 Å². The van der Waals surface area contributed by atoms with Gasteiger partial charge < -0.3 is 4.74 Å². The van der Waals surface area contributed by atoms with E-state index in [2.05, 4.69) is 4.74 Å². The van der Waals surface area contributed by atoms with Gasteiger partial charge in [-0.1, -0.05) is 29.8 Å². The number of hydrogen-bond acceptors (Lipinski definition) is 4. The number of carbonyl (C=O) groups is 1. The molecule has 1 aromatic carbocycles. The number of ether oxygens (including phenoxy) is 1. The van der Waals surface area contributed by atoms with Crippen LogP contribution in [0.3, 0.4) is 0 Å². The molecule has 1 unspecified atom stereocenters. The van der Waals surface area contributed by atoms with Crippen molar-refractivity contribution >= 4 is 15.8 Å². The molecule has 1 rings (SSSR count). The van der Waals surface area contributed by atoms with E-state index >= 15 is 0 Å². The molecule has 104 valence electrons. The molecule has 0 aliphatic heterocycles. The highest BCUT2D eigenvalue weighted by Gasteiger charge is 2.33. The Bertz CT molecular complexity index is 554. The van der Waals surface area contributed by atoms with Gasteiger partial charge in [0.1, 0.15) is 0 Å². The summed E-state index contributed by atoms with van der Waals surface area (Å²) in [6.45, 7) is 3.70. The molecular weight excluding hydrogens is 264 g/mol. The lowest BCUT2D eigenvalue weighted by molar-refractivity contribution is -0.140. The topological polar surface area (TPSA) is 60.4 Å². The van der Waals surface area contributed by atoms with Crippen LogP contribution in [-0.4, -0.2) is 26.7 Å². The predicted molar refractivity (Wildman–Crippen MR) is 73.5 cm³/mol. The summed E-state index contributed by atoms with van der Waals surface area (Å²) in [6.07, 6.45) is 1.84. The number of allylic oxidation sites excluding steroid dienone is 2. The van der Waals surface area contributed by atoms with Crippen molar-refractivity contribution in [2.75, 3.05) is 7.11 Å². The van der Waals surface area contributed by atoms with Gasteiger partial charge in [-0.25, -0.2) is 8.42 Å². The molecule has 4 nitrogen and oxygen atoms in total. The first-order chi connectivity index (χ1) is 8.89. The second kappa shape index (κ2) is 6.52. The Morgan fingerprint density at radius 3 is 2.32 bits per heavy atom. The summed E-state index contributed by atoms with van der Waals surface area (Å²) in [5.74, 6) is -0.735. The first-order valence-corrected chi connectivity index (χ1v) is 7.44. The molecule has 0 heterocycles. The maximum Gasteiger partial charge on any atom is 0.324 e. The molecule has 1 atom stereocenters. The minimum Gasteiger partial charge on any atom is -0.468 e. The zero-order chi connectivity index (χ0) is 14.5. The SMILES string of the molecule is COC(=O)C(CC=C(C)C)S(=O)(=O)c1ccccc1. The predicted octanol–water partition coefficient (Wildman–Crippen LogP) is 2.36. The maximum absolute atomic E-state index is 12.4. The van der Waals surface area contributed by atoms with Gasteiger partial charge in [0, 0.05) is 0 Å². The van der Waals surface area contributed by atoms with Gasteiger partial charge >= 0.3 is 5.97 Å². The van der Waals surface area contributed by atoms with Crippen molar-refractivity contribution in [1.29, 1.82) is 0 Å². The summed E-state index contributed by atoms with van der Waals surface area (Å²) in [5, 5.41) is -1.20. The molecule has 19 heavy (non-hydrogen) atoms. The summed E-state index contributed by atoms with van der Waals surface area (Å²) in [4.78, 5) is 11.8. The van der Waals surface area contributed by atoms with E-state index in [1.54, 1.807) is 24.3 Å². The van der Waals surface area contributed by atoms with E-state index in [0.717, 1.165) is 5.57 Å². The number of benzene rings is 1. The van der Waals surface area contributed by atoms with E-state index in [9.17, 15) is 13.2 Å². The Balaban J connectivity index is 3.17. The quantitative estimate of drug-likeness (QED) is 0.614. The van der Waals surface area contributed by atoms with E-state index in [1.807, 2.05) is 13.8 Å². The standard InChI is InChI=1S/C14H18O4S/c1-11(2)9-10-13(14(15)18-3)19(16,17)12-7-5-4-6-8-12/h4-9,13H,10H2,1-3H3. The Labute approximate surface area is 114 Å². The Morgan fingerprint density at radius 1 is 1.26 bits per heavy atom. The van der Waals surface area contributed by atoms with Crippen LogP contribution >= 0.6 is 0 Å². The smallest absolute Gasteiger partial charge is 0.324 e. The van der Waals surface area contributed by atoms with Crippen LogP contribution in [0.5, 0.6) is 0 Å². The van der Waals surface area contributed by atoms with E-state index in [4.69, 9.17) is 0 Å². The summed E-state index contributed by atoms with van der Waals surface area (Å²) in [7, 11) is -2.53. The molecule has 0 spiro atoms. The van der Waals surface area contributed by atoms with E-state index in [0.29, 0.717) is 0 Å². The monoisotopic (exact) mass is 282 g/mol. The van der Waals surface area contributed by atoms with Crippen LogP contribution in [0.25, 0.3) is 0 Å². The number of rotatable bonds is 5. The molecule has 0 bridgehead atoms. The van der Waals surface area contributed by atoms with Gasteiger partial charge in [-0.2, -0.15) is 0 Å². The molecule has 5 heteroatoms. The maximum atomic E-state index is 12.4. The van der Waals surface area contributed by atoms with Crippen molar-refractivity contribution in [2.24, 2.45) is 0 Å². The van der Waals surface area contributed by atoms with Crippen molar-refractivity contribution in [2.45, 2.75) is 30.4 Å². The molecule has 0 amide bonds. The second-order valence-electron chi connectivity index (χ2n) is 4.39. The van der Waals surface area contributed by atoms with Crippen LogP contribution in [0.4, 0.5) is 0 Å². The Kier molecular flexibility index (Phi) is 5.30. The fourth-order valence-electron chi connectivity index (χ4n) is 1.60. The van der Waals surface area contributed by atoms with Crippen LogP contribution in [0.2, 0.25) is 0 Å². The van der Waals surface area contributed by atoms with Gasteiger partial charge in [0.05, 0.1) is 12.0 Å². The van der Waals surface area contributed by atoms with Crippen LogP contribution in [0.1, 0.15) is 20.3 Å². The lowest BCUT2D eigenvalue weighted by Gasteiger charge is -2.14. The number of sulfone groups is 1. The third-order valence-electron chi connectivity index (χ3n) is 2.65. The molecule has 0 aliphatic rings. The molecule has 0 aliphatic carbocycles. The molecule has 0 N–H and O–H groups in total. The normalized spacial score (nSPS) is 12.6. The fourth-order valence-corrected chi connectivity index (χ4v) is 3.16. The first kappa shape index (κ1) is 15.4. The van der Waals surface area contributed by atoms with Gasteiger partial charge in [0.2, 0.25) is 0 Å². The average molecular weight is 282 g/mol. The van der Waals surface area contributed by atoms with Crippen LogP contribution in [-0.2, 0) is 19.4 Å². The lowest BCUT2D eigenvalue weighted by atomic mass is 10.2. The highest BCUT2D eigenvalue weighted by Crippen LogP contribution is 2.20. The van der Waals surface area contributed by atoms with Crippen LogP contribution in [0, 0.1) is 0 Å². The molecule has 0 aromatic heterocycles. The molecular formula is C14H18O4S. The first-order valence-electron chi connectivity index (χ1n) is 5.89. The van der Waals surface area contributed by atoms with Crippen molar-refractivity contribution in [3.63, 3.8) is 0 Å². The third kappa shape index (κ3) is 3.92. The third-order valence-corrected chi connectivity index (χ3v) is 4.71. The molecule has 0 fully saturated rings. The summed E-state index contributed by atoms with van der Waals surface area (Å²) >= 11 is 0. The highest BCUT2D eigenvalue weighted by molar-refractivity contribution is 7.92. The zero-order valence-corrected chi connectivity index (χ0v) is 12.1. The van der Waals surface area contributed by atoms with Gasteiger partial charge in [-0.15, -0.1) is 0 Å². The van der Waals surface area contributed by atoms with Crippen molar-refractivity contribution in [3.8, 4) is 0 Å².